The Morgan fingerprint density at radius 3 is 2.63 bits per heavy atom. The zero-order valence-electron chi connectivity index (χ0n) is 11.0. The van der Waals surface area contributed by atoms with E-state index in [0.717, 1.165) is 0 Å². The first kappa shape index (κ1) is 15.5. The minimum atomic E-state index is -3.52. The van der Waals surface area contributed by atoms with Crippen molar-refractivity contribution in [3.63, 3.8) is 0 Å². The van der Waals surface area contributed by atoms with E-state index < -0.39 is 10.0 Å². The molecule has 0 aromatic heterocycles. The molecule has 5 nitrogen and oxygen atoms in total. The largest absolute Gasteiger partial charge is 0.493 e. The highest BCUT2D eigenvalue weighted by Crippen LogP contribution is 2.17. The second-order valence-corrected chi connectivity index (χ2v) is 6.44. The maximum atomic E-state index is 11.1. The highest BCUT2D eigenvalue weighted by atomic mass is 32.2. The van der Waals surface area contributed by atoms with Crippen LogP contribution < -0.4 is 9.88 Å². The molecule has 19 heavy (non-hydrogen) atoms. The first-order valence-electron chi connectivity index (χ1n) is 5.95. The summed E-state index contributed by atoms with van der Waals surface area (Å²) in [5.41, 5.74) is 0.505. The van der Waals surface area contributed by atoms with E-state index in [9.17, 15) is 8.42 Å². The lowest BCUT2D eigenvalue weighted by Gasteiger charge is -2.20. The van der Waals surface area contributed by atoms with Crippen LogP contribution >= 0.6 is 0 Å². The number of primary sulfonamides is 1. The van der Waals surface area contributed by atoms with Crippen LogP contribution in [0.3, 0.4) is 0 Å². The molecule has 1 rings (SSSR count). The third-order valence-corrected chi connectivity index (χ3v) is 3.71. The van der Waals surface area contributed by atoms with Gasteiger partial charge in [-0.25, -0.2) is 13.6 Å². The van der Waals surface area contributed by atoms with Crippen molar-refractivity contribution in [2.24, 2.45) is 17.0 Å². The lowest BCUT2D eigenvalue weighted by atomic mass is 9.99. The fourth-order valence-electron chi connectivity index (χ4n) is 1.59. The van der Waals surface area contributed by atoms with Crippen LogP contribution in [0.4, 0.5) is 0 Å². The first-order chi connectivity index (χ1) is 8.81. The second-order valence-electron chi connectivity index (χ2n) is 4.78. The molecule has 104 valence electrons. The lowest BCUT2D eigenvalue weighted by Crippen LogP contribution is -2.30. The van der Waals surface area contributed by atoms with Crippen molar-refractivity contribution in [2.75, 3.05) is 12.4 Å². The van der Waals surface area contributed by atoms with E-state index in [-0.39, 0.29) is 24.2 Å². The van der Waals surface area contributed by atoms with Crippen molar-refractivity contribution in [1.82, 2.24) is 0 Å². The van der Waals surface area contributed by atoms with Gasteiger partial charge in [0, 0.05) is 5.92 Å². The molecule has 0 aliphatic heterocycles. The van der Waals surface area contributed by atoms with Crippen molar-refractivity contribution in [2.45, 2.75) is 13.8 Å². The molecule has 0 aliphatic rings. The van der Waals surface area contributed by atoms with E-state index in [2.05, 4.69) is 0 Å². The predicted molar refractivity (Wildman–Crippen MR) is 73.0 cm³/mol. The van der Waals surface area contributed by atoms with E-state index >= 15 is 0 Å². The van der Waals surface area contributed by atoms with Gasteiger partial charge in [-0.15, -0.1) is 0 Å². The van der Waals surface area contributed by atoms with E-state index in [4.69, 9.17) is 15.1 Å². The maximum Gasteiger partial charge on any atom is 0.209 e. The molecule has 0 bridgehead atoms. The summed E-state index contributed by atoms with van der Waals surface area (Å²) < 4.78 is 27.8. The molecule has 2 N–H and O–H groups in total. The number of nitrogens with zero attached hydrogens (tertiary/aromatic N) is 1. The number of sulfonamides is 1. The van der Waals surface area contributed by atoms with E-state index in [1.807, 2.05) is 19.9 Å². The number of nitrogens with two attached hydrogens (primary N) is 1. The second kappa shape index (κ2) is 6.55. The first-order valence-corrected chi connectivity index (χ1v) is 7.67. The van der Waals surface area contributed by atoms with Gasteiger partial charge in [-0.2, -0.15) is 5.26 Å². The number of rotatable bonds is 6. The fraction of sp³-hybridized carbons (Fsp3) is 0.462. The van der Waals surface area contributed by atoms with Crippen LogP contribution in [0.5, 0.6) is 5.75 Å². The molecule has 6 heteroatoms. The molecule has 0 saturated heterocycles. The van der Waals surface area contributed by atoms with Crippen LogP contribution in [0.2, 0.25) is 0 Å². The van der Waals surface area contributed by atoms with Gasteiger partial charge in [0.05, 0.1) is 24.0 Å². The van der Waals surface area contributed by atoms with E-state index in [1.54, 1.807) is 24.3 Å². The van der Waals surface area contributed by atoms with Crippen molar-refractivity contribution < 1.29 is 13.2 Å². The Hall–Kier alpha value is -1.58. The number of hydrogen-bond acceptors (Lipinski definition) is 4. The summed E-state index contributed by atoms with van der Waals surface area (Å²) in [7, 11) is -3.52. The molecular weight excluding hydrogens is 264 g/mol. The van der Waals surface area contributed by atoms with Crippen LogP contribution in [-0.4, -0.2) is 20.8 Å². The van der Waals surface area contributed by atoms with Crippen molar-refractivity contribution in [1.29, 1.82) is 5.26 Å². The number of hydrogen-bond donors (Lipinski definition) is 1. The SMILES string of the molecule is CC(C)C(COc1cccc(C#N)c1)CS(N)(=O)=O. The van der Waals surface area contributed by atoms with Crippen LogP contribution in [-0.2, 0) is 10.0 Å². The molecular formula is C13H18N2O3S. The lowest BCUT2D eigenvalue weighted by molar-refractivity contribution is 0.225. The molecule has 0 saturated carbocycles. The third kappa shape index (κ3) is 5.73. The summed E-state index contributed by atoms with van der Waals surface area (Å²) in [6, 6.07) is 8.77. The molecule has 1 aromatic carbocycles. The van der Waals surface area contributed by atoms with Gasteiger partial charge in [-0.1, -0.05) is 19.9 Å². The standard InChI is InChI=1S/C13H18N2O3S/c1-10(2)12(9-19(15,16)17)8-18-13-5-3-4-11(6-13)7-14/h3-6,10,12H,8-9H2,1-2H3,(H2,15,16,17). The fourth-order valence-corrected chi connectivity index (χ4v) is 2.67. The zero-order chi connectivity index (χ0) is 14.5. The average Bonchev–Trinajstić information content (AvgIpc) is 2.33. The molecule has 0 spiro atoms. The number of benzene rings is 1. The number of nitriles is 1. The highest BCUT2D eigenvalue weighted by molar-refractivity contribution is 7.89. The molecule has 1 aromatic rings. The Morgan fingerprint density at radius 2 is 2.11 bits per heavy atom. The Morgan fingerprint density at radius 1 is 1.42 bits per heavy atom. The summed E-state index contributed by atoms with van der Waals surface area (Å²) >= 11 is 0. The average molecular weight is 282 g/mol. The molecule has 1 unspecified atom stereocenters. The molecule has 0 heterocycles. The van der Waals surface area contributed by atoms with Gasteiger partial charge in [0.25, 0.3) is 0 Å². The molecule has 1 atom stereocenters. The summed E-state index contributed by atoms with van der Waals surface area (Å²) in [4.78, 5) is 0. The van der Waals surface area contributed by atoms with Gasteiger partial charge in [-0.05, 0) is 24.1 Å². The van der Waals surface area contributed by atoms with Crippen molar-refractivity contribution >= 4 is 10.0 Å². The van der Waals surface area contributed by atoms with Gasteiger partial charge < -0.3 is 4.74 Å². The number of ether oxygens (including phenoxy) is 1. The summed E-state index contributed by atoms with van der Waals surface area (Å²) in [5.74, 6) is 0.403. The Balaban J connectivity index is 2.69. The summed E-state index contributed by atoms with van der Waals surface area (Å²) in [6.45, 7) is 4.10. The smallest absolute Gasteiger partial charge is 0.209 e. The van der Waals surface area contributed by atoms with Crippen LogP contribution in [0.1, 0.15) is 19.4 Å². The van der Waals surface area contributed by atoms with E-state index in [0.29, 0.717) is 11.3 Å². The van der Waals surface area contributed by atoms with Crippen molar-refractivity contribution in [3.05, 3.63) is 29.8 Å². The normalized spacial score (nSPS) is 13.0. The Kier molecular flexibility index (Phi) is 5.33. The Labute approximate surface area is 114 Å². The zero-order valence-corrected chi connectivity index (χ0v) is 11.9. The molecule has 0 fully saturated rings. The van der Waals surface area contributed by atoms with Gasteiger partial charge in [-0.3, -0.25) is 0 Å². The Bertz CT molecular complexity index is 561. The van der Waals surface area contributed by atoms with Crippen LogP contribution in [0.15, 0.2) is 24.3 Å². The predicted octanol–water partition coefficient (Wildman–Crippen LogP) is 1.50. The quantitative estimate of drug-likeness (QED) is 0.855. The van der Waals surface area contributed by atoms with Crippen molar-refractivity contribution in [3.8, 4) is 11.8 Å². The molecule has 0 radical (unpaired) electrons. The minimum absolute atomic E-state index is 0.109. The van der Waals surface area contributed by atoms with Gasteiger partial charge in [0.1, 0.15) is 5.75 Å². The van der Waals surface area contributed by atoms with Gasteiger partial charge in [0.15, 0.2) is 0 Å². The van der Waals surface area contributed by atoms with Crippen LogP contribution in [0, 0.1) is 23.2 Å². The van der Waals surface area contributed by atoms with Gasteiger partial charge in [0.2, 0.25) is 10.0 Å². The summed E-state index contributed by atoms with van der Waals surface area (Å²) in [5, 5.41) is 13.8. The minimum Gasteiger partial charge on any atom is -0.493 e. The van der Waals surface area contributed by atoms with Gasteiger partial charge >= 0.3 is 0 Å². The van der Waals surface area contributed by atoms with Crippen LogP contribution in [0.25, 0.3) is 0 Å². The molecule has 0 aliphatic carbocycles. The third-order valence-electron chi connectivity index (χ3n) is 2.82. The highest BCUT2D eigenvalue weighted by Gasteiger charge is 2.20. The maximum absolute atomic E-state index is 11.1. The topological polar surface area (TPSA) is 93.2 Å². The monoisotopic (exact) mass is 282 g/mol. The molecule has 0 amide bonds. The summed E-state index contributed by atoms with van der Waals surface area (Å²) in [6.07, 6.45) is 0. The van der Waals surface area contributed by atoms with E-state index in [1.165, 1.54) is 0 Å².